The number of sulfonamides is 1. The second-order valence-corrected chi connectivity index (χ2v) is 8.90. The molecular formula is C17H22ClN3O3S2. The molecule has 2 heterocycles. The van der Waals surface area contributed by atoms with Crippen molar-refractivity contribution in [2.24, 2.45) is 5.73 Å². The minimum absolute atomic E-state index is 0. The Kier molecular flexibility index (Phi) is 6.81. The third-order valence-electron chi connectivity index (χ3n) is 4.28. The van der Waals surface area contributed by atoms with Gasteiger partial charge in [0.1, 0.15) is 9.77 Å². The van der Waals surface area contributed by atoms with E-state index in [0.717, 1.165) is 16.9 Å². The van der Waals surface area contributed by atoms with E-state index in [9.17, 15) is 13.2 Å². The first kappa shape index (κ1) is 20.9. The first-order valence-electron chi connectivity index (χ1n) is 8.09. The number of thiophene rings is 1. The molecule has 0 spiro atoms. The van der Waals surface area contributed by atoms with E-state index in [0.29, 0.717) is 26.1 Å². The van der Waals surface area contributed by atoms with Crippen LogP contribution in [-0.2, 0) is 23.0 Å². The smallest absolute Gasteiger partial charge is 0.263 e. The summed E-state index contributed by atoms with van der Waals surface area (Å²) in [6, 6.07) is 9.13. The van der Waals surface area contributed by atoms with Gasteiger partial charge < -0.3 is 11.1 Å². The van der Waals surface area contributed by atoms with Crippen LogP contribution in [0.5, 0.6) is 0 Å². The Bertz CT molecular complexity index is 883. The number of carbonyl (C=O) groups excluding carboxylic acids is 1. The molecule has 0 saturated carbocycles. The fourth-order valence-electron chi connectivity index (χ4n) is 2.83. The van der Waals surface area contributed by atoms with Crippen LogP contribution in [0.1, 0.15) is 27.7 Å². The van der Waals surface area contributed by atoms with E-state index in [1.165, 1.54) is 15.9 Å². The van der Waals surface area contributed by atoms with Crippen molar-refractivity contribution in [3.63, 3.8) is 0 Å². The van der Waals surface area contributed by atoms with Crippen molar-refractivity contribution in [2.45, 2.75) is 30.8 Å². The van der Waals surface area contributed by atoms with Crippen LogP contribution >= 0.6 is 23.7 Å². The molecule has 26 heavy (non-hydrogen) atoms. The van der Waals surface area contributed by atoms with Crippen LogP contribution in [0.4, 0.5) is 0 Å². The predicted octanol–water partition coefficient (Wildman–Crippen LogP) is 1.99. The zero-order valence-electron chi connectivity index (χ0n) is 14.3. The molecule has 3 N–H and O–H groups in total. The van der Waals surface area contributed by atoms with Gasteiger partial charge in [0.05, 0.1) is 0 Å². The van der Waals surface area contributed by atoms with Gasteiger partial charge in [0.25, 0.3) is 5.91 Å². The molecule has 0 bridgehead atoms. The van der Waals surface area contributed by atoms with Crippen LogP contribution in [0, 0.1) is 0 Å². The zero-order valence-corrected chi connectivity index (χ0v) is 16.8. The highest BCUT2D eigenvalue weighted by atomic mass is 35.5. The van der Waals surface area contributed by atoms with Crippen LogP contribution in [0.25, 0.3) is 0 Å². The largest absolute Gasteiger partial charge is 0.348 e. The van der Waals surface area contributed by atoms with Crippen LogP contribution < -0.4 is 11.1 Å². The normalized spacial score (nSPS) is 15.6. The predicted molar refractivity (Wildman–Crippen MR) is 105 cm³/mol. The van der Waals surface area contributed by atoms with Crippen molar-refractivity contribution in [3.05, 3.63) is 51.7 Å². The maximum atomic E-state index is 13.1. The van der Waals surface area contributed by atoms with E-state index in [1.54, 1.807) is 12.3 Å². The number of nitrogens with two attached hydrogens (primary N) is 1. The molecule has 0 fully saturated rings. The van der Waals surface area contributed by atoms with Crippen LogP contribution in [-0.4, -0.2) is 37.8 Å². The number of fused-ring (bicyclic) bond motifs is 1. The van der Waals surface area contributed by atoms with Gasteiger partial charge in [-0.2, -0.15) is 4.31 Å². The van der Waals surface area contributed by atoms with Crippen molar-refractivity contribution in [1.82, 2.24) is 9.62 Å². The van der Waals surface area contributed by atoms with E-state index in [1.807, 2.05) is 24.3 Å². The third kappa shape index (κ3) is 4.10. The Hall–Kier alpha value is -1.45. The molecule has 1 aliphatic heterocycles. The fraction of sp³-hybridized carbons (Fsp3) is 0.353. The maximum absolute atomic E-state index is 13.1. The SMILES string of the molecule is C[C@@H](CN)NC(=O)c1sccc1S(=O)(=O)N1CCc2ccccc2C1.Cl. The van der Waals surface area contributed by atoms with E-state index >= 15 is 0 Å². The molecule has 1 aromatic carbocycles. The van der Waals surface area contributed by atoms with Gasteiger partial charge in [0, 0.05) is 25.7 Å². The van der Waals surface area contributed by atoms with Crippen LogP contribution in [0.2, 0.25) is 0 Å². The lowest BCUT2D eigenvalue weighted by molar-refractivity contribution is 0.0942. The third-order valence-corrected chi connectivity index (χ3v) is 7.21. The van der Waals surface area contributed by atoms with E-state index < -0.39 is 15.9 Å². The van der Waals surface area contributed by atoms with Crippen molar-refractivity contribution in [3.8, 4) is 0 Å². The minimum atomic E-state index is -3.73. The molecule has 0 unspecified atom stereocenters. The summed E-state index contributed by atoms with van der Waals surface area (Å²) in [5, 5.41) is 4.36. The summed E-state index contributed by atoms with van der Waals surface area (Å²) in [6.07, 6.45) is 0.672. The summed E-state index contributed by atoms with van der Waals surface area (Å²) < 4.78 is 27.6. The quantitative estimate of drug-likeness (QED) is 0.781. The van der Waals surface area contributed by atoms with E-state index in [2.05, 4.69) is 5.32 Å². The standard InChI is InChI=1S/C17H21N3O3S2.ClH/c1-12(10-18)19-17(21)16-15(7-9-24-16)25(22,23)20-8-6-13-4-2-3-5-14(13)11-20;/h2-5,7,9,12H,6,8,10-11,18H2,1H3,(H,19,21);1H/t12-;/m0./s1. The number of hydrogen-bond donors (Lipinski definition) is 2. The average Bonchev–Trinajstić information content (AvgIpc) is 3.12. The highest BCUT2D eigenvalue weighted by molar-refractivity contribution is 7.89. The van der Waals surface area contributed by atoms with Gasteiger partial charge >= 0.3 is 0 Å². The van der Waals surface area contributed by atoms with Crippen molar-refractivity contribution >= 4 is 39.7 Å². The molecule has 2 aromatic rings. The molecule has 1 amide bonds. The zero-order chi connectivity index (χ0) is 18.0. The lowest BCUT2D eigenvalue weighted by atomic mass is 10.0. The Morgan fingerprint density at radius 1 is 1.31 bits per heavy atom. The second kappa shape index (κ2) is 8.49. The number of halogens is 1. The second-order valence-electron chi connectivity index (χ2n) is 6.08. The molecule has 0 radical (unpaired) electrons. The summed E-state index contributed by atoms with van der Waals surface area (Å²) in [7, 11) is -3.73. The molecule has 6 nitrogen and oxygen atoms in total. The van der Waals surface area contributed by atoms with Gasteiger partial charge in [0.2, 0.25) is 10.0 Å². The van der Waals surface area contributed by atoms with Gasteiger partial charge in [-0.25, -0.2) is 8.42 Å². The minimum Gasteiger partial charge on any atom is -0.348 e. The first-order chi connectivity index (χ1) is 11.9. The van der Waals surface area contributed by atoms with Gasteiger partial charge in [-0.15, -0.1) is 23.7 Å². The van der Waals surface area contributed by atoms with Crippen molar-refractivity contribution in [2.75, 3.05) is 13.1 Å². The fourth-order valence-corrected chi connectivity index (χ4v) is 5.55. The topological polar surface area (TPSA) is 92.5 Å². The van der Waals surface area contributed by atoms with Crippen molar-refractivity contribution < 1.29 is 13.2 Å². The molecule has 9 heteroatoms. The molecule has 1 aromatic heterocycles. The van der Waals surface area contributed by atoms with Gasteiger partial charge in [-0.3, -0.25) is 4.79 Å². The number of hydrogen-bond acceptors (Lipinski definition) is 5. The molecule has 3 rings (SSSR count). The Morgan fingerprint density at radius 3 is 2.69 bits per heavy atom. The van der Waals surface area contributed by atoms with Gasteiger partial charge in [0.15, 0.2) is 0 Å². The Balaban J connectivity index is 0.00000243. The lowest BCUT2D eigenvalue weighted by Crippen LogP contribution is -2.39. The molecule has 1 aliphatic rings. The summed E-state index contributed by atoms with van der Waals surface area (Å²) in [5.74, 6) is -0.399. The molecule has 142 valence electrons. The average molecular weight is 416 g/mol. The number of amides is 1. The highest BCUT2D eigenvalue weighted by Crippen LogP contribution is 2.29. The number of nitrogens with one attached hydrogen (secondary N) is 1. The number of carbonyl (C=O) groups is 1. The molecule has 1 atom stereocenters. The number of rotatable bonds is 5. The van der Waals surface area contributed by atoms with Gasteiger partial charge in [-0.05, 0) is 35.9 Å². The van der Waals surface area contributed by atoms with E-state index in [4.69, 9.17) is 5.73 Å². The van der Waals surface area contributed by atoms with Gasteiger partial charge in [-0.1, -0.05) is 24.3 Å². The maximum Gasteiger partial charge on any atom is 0.263 e. The van der Waals surface area contributed by atoms with Crippen LogP contribution in [0.15, 0.2) is 40.6 Å². The van der Waals surface area contributed by atoms with Crippen molar-refractivity contribution in [1.29, 1.82) is 0 Å². The lowest BCUT2D eigenvalue weighted by Gasteiger charge is -2.28. The first-order valence-corrected chi connectivity index (χ1v) is 10.4. The number of nitrogens with zero attached hydrogens (tertiary/aromatic N) is 1. The summed E-state index contributed by atoms with van der Waals surface area (Å²) in [6.45, 7) is 2.81. The number of benzene rings is 1. The monoisotopic (exact) mass is 415 g/mol. The Labute approximate surface area is 163 Å². The van der Waals surface area contributed by atoms with Crippen LogP contribution in [0.3, 0.4) is 0 Å². The molecule has 0 saturated heterocycles. The Morgan fingerprint density at radius 2 is 2.00 bits per heavy atom. The summed E-state index contributed by atoms with van der Waals surface area (Å²) >= 11 is 1.13. The summed E-state index contributed by atoms with van der Waals surface area (Å²) in [4.78, 5) is 12.7. The summed E-state index contributed by atoms with van der Waals surface area (Å²) in [5.41, 5.74) is 7.71. The van der Waals surface area contributed by atoms with E-state index in [-0.39, 0.29) is 28.2 Å². The molecular weight excluding hydrogens is 394 g/mol. The molecule has 0 aliphatic carbocycles. The highest BCUT2D eigenvalue weighted by Gasteiger charge is 2.32.